The van der Waals surface area contributed by atoms with Crippen LogP contribution >= 0.6 is 0 Å². The third kappa shape index (κ3) is 3.22. The van der Waals surface area contributed by atoms with Crippen LogP contribution in [0, 0.1) is 13.8 Å². The molecule has 0 bridgehead atoms. The van der Waals surface area contributed by atoms with Crippen LogP contribution in [0.15, 0.2) is 41.4 Å². The monoisotopic (exact) mass is 305 g/mol. The highest BCUT2D eigenvalue weighted by atomic mass is 32.2. The molecule has 0 saturated heterocycles. The Bertz CT molecular complexity index is 743. The van der Waals surface area contributed by atoms with E-state index in [2.05, 4.69) is 9.71 Å². The summed E-state index contributed by atoms with van der Waals surface area (Å²) in [5, 5.41) is 0. The van der Waals surface area contributed by atoms with Crippen LogP contribution in [0.4, 0.5) is 5.69 Å². The lowest BCUT2D eigenvalue weighted by atomic mass is 10.1. The number of nitrogens with one attached hydrogen (secondary N) is 1. The average molecular weight is 305 g/mol. The second-order valence-corrected chi connectivity index (χ2v) is 6.67. The van der Waals surface area contributed by atoms with E-state index in [4.69, 9.17) is 5.73 Å². The molecule has 0 aliphatic carbocycles. The molecular formula is C15H19N3O2S. The molecule has 0 amide bonds. The highest BCUT2D eigenvalue weighted by Crippen LogP contribution is 2.26. The van der Waals surface area contributed by atoms with E-state index in [-0.39, 0.29) is 4.90 Å². The fourth-order valence-electron chi connectivity index (χ4n) is 2.24. The van der Waals surface area contributed by atoms with Crippen molar-refractivity contribution in [2.75, 3.05) is 5.73 Å². The Morgan fingerprint density at radius 2 is 1.90 bits per heavy atom. The third-order valence-corrected chi connectivity index (χ3v) is 5.21. The highest BCUT2D eigenvalue weighted by molar-refractivity contribution is 7.89. The van der Waals surface area contributed by atoms with Crippen LogP contribution in [0.1, 0.15) is 29.8 Å². The van der Waals surface area contributed by atoms with Gasteiger partial charge >= 0.3 is 0 Å². The Morgan fingerprint density at radius 3 is 2.52 bits per heavy atom. The van der Waals surface area contributed by atoms with Gasteiger partial charge in [-0.2, -0.15) is 0 Å². The second kappa shape index (κ2) is 5.83. The average Bonchev–Trinajstić information content (AvgIpc) is 2.43. The Kier molecular flexibility index (Phi) is 4.29. The summed E-state index contributed by atoms with van der Waals surface area (Å²) in [6, 6.07) is 8.40. The summed E-state index contributed by atoms with van der Waals surface area (Å²) < 4.78 is 27.9. The van der Waals surface area contributed by atoms with Gasteiger partial charge in [-0.1, -0.05) is 12.1 Å². The topological polar surface area (TPSA) is 85.1 Å². The van der Waals surface area contributed by atoms with E-state index >= 15 is 0 Å². The summed E-state index contributed by atoms with van der Waals surface area (Å²) in [5.41, 5.74) is 8.19. The molecule has 112 valence electrons. The maximum absolute atomic E-state index is 12.6. The third-order valence-electron chi connectivity index (χ3n) is 3.38. The van der Waals surface area contributed by atoms with Crippen molar-refractivity contribution in [3.63, 3.8) is 0 Å². The van der Waals surface area contributed by atoms with Crippen molar-refractivity contribution in [3.05, 3.63) is 53.3 Å². The minimum absolute atomic E-state index is 0.241. The van der Waals surface area contributed by atoms with Crippen molar-refractivity contribution in [3.8, 4) is 0 Å². The summed E-state index contributed by atoms with van der Waals surface area (Å²) in [5.74, 6) is 0. The molecule has 0 aliphatic rings. The number of pyridine rings is 1. The first-order valence-corrected chi connectivity index (χ1v) is 8.10. The molecule has 2 aromatic rings. The lowest BCUT2D eigenvalue weighted by Gasteiger charge is -2.17. The second-order valence-electron chi connectivity index (χ2n) is 5.02. The minimum Gasteiger partial charge on any atom is -0.398 e. The SMILES string of the molecule is Cc1ccc(N)c(C)c1S(=O)(=O)NC(C)c1ccccn1. The van der Waals surface area contributed by atoms with Gasteiger partial charge in [-0.15, -0.1) is 0 Å². The number of anilines is 1. The lowest BCUT2D eigenvalue weighted by molar-refractivity contribution is 0.563. The van der Waals surface area contributed by atoms with E-state index in [0.717, 1.165) is 0 Å². The van der Waals surface area contributed by atoms with E-state index in [0.29, 0.717) is 22.5 Å². The normalized spacial score (nSPS) is 13.1. The number of nitrogens with zero attached hydrogens (tertiary/aromatic N) is 1. The largest absolute Gasteiger partial charge is 0.398 e. The summed E-state index contributed by atoms with van der Waals surface area (Å²) in [4.78, 5) is 4.41. The van der Waals surface area contributed by atoms with E-state index < -0.39 is 16.1 Å². The lowest BCUT2D eigenvalue weighted by Crippen LogP contribution is -2.28. The molecule has 1 atom stereocenters. The maximum Gasteiger partial charge on any atom is 0.241 e. The number of nitrogens with two attached hydrogens (primary N) is 1. The Hall–Kier alpha value is -1.92. The van der Waals surface area contributed by atoms with Crippen LogP contribution in [0.3, 0.4) is 0 Å². The van der Waals surface area contributed by atoms with Gasteiger partial charge in [0.1, 0.15) is 0 Å². The number of hydrogen-bond acceptors (Lipinski definition) is 4. The molecule has 0 saturated carbocycles. The first kappa shape index (κ1) is 15.5. The number of aromatic nitrogens is 1. The van der Waals surface area contributed by atoms with Gasteiger partial charge in [-0.05, 0) is 50.1 Å². The first-order chi connectivity index (χ1) is 9.83. The van der Waals surface area contributed by atoms with Crippen LogP contribution in [0.2, 0.25) is 0 Å². The van der Waals surface area contributed by atoms with Gasteiger partial charge in [0.15, 0.2) is 0 Å². The number of hydrogen-bond donors (Lipinski definition) is 2. The van der Waals surface area contributed by atoms with Crippen LogP contribution in [0.25, 0.3) is 0 Å². The van der Waals surface area contributed by atoms with E-state index in [1.807, 2.05) is 6.07 Å². The molecule has 1 aromatic carbocycles. The van der Waals surface area contributed by atoms with Crippen LogP contribution < -0.4 is 10.5 Å². The number of rotatable bonds is 4. The zero-order valence-corrected chi connectivity index (χ0v) is 13.1. The molecule has 21 heavy (non-hydrogen) atoms. The Labute approximate surface area is 125 Å². The summed E-state index contributed by atoms with van der Waals surface area (Å²) in [6.45, 7) is 5.23. The molecular weight excluding hydrogens is 286 g/mol. The van der Waals surface area contributed by atoms with Gasteiger partial charge in [0, 0.05) is 11.9 Å². The van der Waals surface area contributed by atoms with E-state index in [1.54, 1.807) is 51.2 Å². The van der Waals surface area contributed by atoms with Crippen molar-refractivity contribution in [2.45, 2.75) is 31.7 Å². The highest BCUT2D eigenvalue weighted by Gasteiger charge is 2.23. The van der Waals surface area contributed by atoms with Crippen molar-refractivity contribution >= 4 is 15.7 Å². The van der Waals surface area contributed by atoms with Gasteiger partial charge in [-0.25, -0.2) is 13.1 Å². The molecule has 5 nitrogen and oxygen atoms in total. The number of sulfonamides is 1. The number of aryl methyl sites for hydroxylation is 1. The quantitative estimate of drug-likeness (QED) is 0.849. The van der Waals surface area contributed by atoms with Crippen LogP contribution in [-0.4, -0.2) is 13.4 Å². The zero-order valence-electron chi connectivity index (χ0n) is 12.3. The summed E-state index contributed by atoms with van der Waals surface area (Å²) in [7, 11) is -3.66. The maximum atomic E-state index is 12.6. The van der Waals surface area contributed by atoms with Crippen LogP contribution in [-0.2, 0) is 10.0 Å². The zero-order chi connectivity index (χ0) is 15.6. The molecule has 1 aromatic heterocycles. The smallest absolute Gasteiger partial charge is 0.241 e. The van der Waals surface area contributed by atoms with Crippen LogP contribution in [0.5, 0.6) is 0 Å². The minimum atomic E-state index is -3.66. The Balaban J connectivity index is 2.38. The molecule has 0 spiro atoms. The molecule has 1 unspecified atom stereocenters. The van der Waals surface area contributed by atoms with E-state index in [1.165, 1.54) is 0 Å². The molecule has 3 N–H and O–H groups in total. The Morgan fingerprint density at radius 1 is 1.19 bits per heavy atom. The van der Waals surface area contributed by atoms with Gasteiger partial charge in [-0.3, -0.25) is 4.98 Å². The predicted molar refractivity (Wildman–Crippen MR) is 83.3 cm³/mol. The summed E-state index contributed by atoms with van der Waals surface area (Å²) in [6.07, 6.45) is 1.64. The number of benzene rings is 1. The first-order valence-electron chi connectivity index (χ1n) is 6.62. The van der Waals surface area contributed by atoms with Gasteiger partial charge < -0.3 is 5.73 Å². The standard InChI is InChI=1S/C15H19N3O2S/c1-10-7-8-13(16)11(2)15(10)21(19,20)18-12(3)14-6-4-5-9-17-14/h4-9,12,18H,16H2,1-3H3. The molecule has 1 heterocycles. The fraction of sp³-hybridized carbons (Fsp3) is 0.267. The molecule has 0 radical (unpaired) electrons. The van der Waals surface area contributed by atoms with Crippen molar-refractivity contribution in [1.29, 1.82) is 0 Å². The number of nitrogen functional groups attached to an aromatic ring is 1. The molecule has 6 heteroatoms. The van der Waals surface area contributed by atoms with Crippen molar-refractivity contribution < 1.29 is 8.42 Å². The van der Waals surface area contributed by atoms with Crippen molar-refractivity contribution in [2.24, 2.45) is 0 Å². The van der Waals surface area contributed by atoms with Gasteiger partial charge in [0.05, 0.1) is 16.6 Å². The summed E-state index contributed by atoms with van der Waals surface area (Å²) >= 11 is 0. The molecule has 2 rings (SSSR count). The van der Waals surface area contributed by atoms with E-state index in [9.17, 15) is 8.42 Å². The molecule has 0 fully saturated rings. The fourth-order valence-corrected chi connectivity index (χ4v) is 3.96. The van der Waals surface area contributed by atoms with Crippen molar-refractivity contribution in [1.82, 2.24) is 9.71 Å². The van der Waals surface area contributed by atoms with Gasteiger partial charge in [0.2, 0.25) is 10.0 Å². The van der Waals surface area contributed by atoms with Gasteiger partial charge in [0.25, 0.3) is 0 Å². The predicted octanol–water partition coefficient (Wildman–Crippen LogP) is 2.32. The molecule has 0 aliphatic heterocycles.